The van der Waals surface area contributed by atoms with Crippen LogP contribution in [-0.4, -0.2) is 30.6 Å². The van der Waals surface area contributed by atoms with Crippen molar-refractivity contribution in [3.63, 3.8) is 0 Å². The molecule has 1 unspecified atom stereocenters. The fourth-order valence-corrected chi connectivity index (χ4v) is 4.80. The fourth-order valence-electron chi connectivity index (χ4n) is 3.69. The molecule has 1 saturated heterocycles. The second kappa shape index (κ2) is 7.80. The molecule has 1 aromatic heterocycles. The number of nitrogens with two attached hydrogens (primary N) is 1. The molecule has 1 fully saturated rings. The van der Waals surface area contributed by atoms with Crippen LogP contribution in [0.15, 0.2) is 18.2 Å². The molecule has 1 aliphatic heterocycles. The average molecular weight is 373 g/mol. The van der Waals surface area contributed by atoms with Crippen LogP contribution in [0.5, 0.6) is 0 Å². The lowest BCUT2D eigenvalue weighted by Crippen LogP contribution is -2.36. The van der Waals surface area contributed by atoms with E-state index in [4.69, 9.17) is 10.5 Å². The van der Waals surface area contributed by atoms with E-state index in [1.54, 1.807) is 0 Å². The Bertz CT molecular complexity index is 813. The molecule has 0 amide bonds. The number of thiophene rings is 1. The first-order chi connectivity index (χ1) is 12.4. The summed E-state index contributed by atoms with van der Waals surface area (Å²) in [6.45, 7) is 8.40. The Hall–Kier alpha value is -1.85. The van der Waals surface area contributed by atoms with E-state index in [9.17, 15) is 4.79 Å². The van der Waals surface area contributed by atoms with Crippen LogP contribution < -0.4 is 5.73 Å². The molecular weight excluding hydrogens is 344 g/mol. The largest absolute Gasteiger partial charge is 0.465 e. The molecule has 140 valence electrons. The highest BCUT2D eigenvalue weighted by Crippen LogP contribution is 2.41. The molecule has 26 heavy (non-hydrogen) atoms. The number of anilines is 1. The third-order valence-corrected chi connectivity index (χ3v) is 6.48. The number of methoxy groups -OCH3 is 1. The molecule has 0 spiro atoms. The standard InChI is InChI=1S/C21H28N2O2S/c1-13-8-9-16(11-14(13)2)18-17(12-23-10-6-5-7-15(23)3)26-20(22)19(18)21(24)25-4/h8-9,11,15H,5-7,10,12,22H2,1-4H3. The Kier molecular flexibility index (Phi) is 5.68. The average Bonchev–Trinajstić information content (AvgIpc) is 2.94. The first kappa shape index (κ1) is 18.9. The van der Waals surface area contributed by atoms with Gasteiger partial charge in [-0.25, -0.2) is 4.79 Å². The van der Waals surface area contributed by atoms with Gasteiger partial charge in [-0.2, -0.15) is 0 Å². The van der Waals surface area contributed by atoms with Gasteiger partial charge in [-0.05, 0) is 56.8 Å². The Morgan fingerprint density at radius 2 is 2.08 bits per heavy atom. The van der Waals surface area contributed by atoms with E-state index < -0.39 is 0 Å². The Morgan fingerprint density at radius 3 is 2.73 bits per heavy atom. The van der Waals surface area contributed by atoms with Crippen LogP contribution >= 0.6 is 11.3 Å². The first-order valence-electron chi connectivity index (χ1n) is 9.23. The van der Waals surface area contributed by atoms with Crippen LogP contribution in [0.25, 0.3) is 11.1 Å². The maximum absolute atomic E-state index is 12.4. The summed E-state index contributed by atoms with van der Waals surface area (Å²) in [6.07, 6.45) is 3.75. The minimum absolute atomic E-state index is 0.357. The van der Waals surface area contributed by atoms with Gasteiger partial charge in [0.05, 0.1) is 7.11 Å². The topological polar surface area (TPSA) is 55.6 Å². The highest BCUT2D eigenvalue weighted by atomic mass is 32.1. The smallest absolute Gasteiger partial charge is 0.341 e. The number of nitrogens with zero attached hydrogens (tertiary/aromatic N) is 1. The third-order valence-electron chi connectivity index (χ3n) is 5.48. The Morgan fingerprint density at radius 1 is 1.31 bits per heavy atom. The quantitative estimate of drug-likeness (QED) is 0.785. The summed E-state index contributed by atoms with van der Waals surface area (Å²) >= 11 is 1.52. The molecule has 4 nitrogen and oxygen atoms in total. The highest BCUT2D eigenvalue weighted by molar-refractivity contribution is 7.17. The molecule has 3 rings (SSSR count). The van der Waals surface area contributed by atoms with Crippen molar-refractivity contribution in [2.75, 3.05) is 19.4 Å². The molecule has 0 radical (unpaired) electrons. The summed E-state index contributed by atoms with van der Waals surface area (Å²) in [5.74, 6) is -0.357. The molecule has 5 heteroatoms. The number of hydrogen-bond donors (Lipinski definition) is 1. The molecule has 1 atom stereocenters. The normalized spacial score (nSPS) is 18.1. The summed E-state index contributed by atoms with van der Waals surface area (Å²) in [6, 6.07) is 6.89. The minimum Gasteiger partial charge on any atom is -0.465 e. The summed E-state index contributed by atoms with van der Waals surface area (Å²) < 4.78 is 5.03. The molecule has 1 aliphatic rings. The number of esters is 1. The first-order valence-corrected chi connectivity index (χ1v) is 10.0. The zero-order valence-corrected chi connectivity index (χ0v) is 16.9. The number of ether oxygens (including phenoxy) is 1. The number of rotatable bonds is 4. The summed E-state index contributed by atoms with van der Waals surface area (Å²) in [4.78, 5) is 16.1. The Balaban J connectivity index is 2.08. The van der Waals surface area contributed by atoms with Gasteiger partial charge in [0.1, 0.15) is 10.6 Å². The second-order valence-corrected chi connectivity index (χ2v) is 8.38. The number of benzene rings is 1. The lowest BCUT2D eigenvalue weighted by atomic mass is 9.96. The van der Waals surface area contributed by atoms with Gasteiger partial charge in [-0.3, -0.25) is 4.90 Å². The number of nitrogen functional groups attached to an aromatic ring is 1. The molecule has 0 aliphatic carbocycles. The second-order valence-electron chi connectivity index (χ2n) is 7.25. The van der Waals surface area contributed by atoms with Gasteiger partial charge in [-0.15, -0.1) is 11.3 Å². The lowest BCUT2D eigenvalue weighted by Gasteiger charge is -2.33. The van der Waals surface area contributed by atoms with E-state index in [1.807, 2.05) is 0 Å². The van der Waals surface area contributed by atoms with Gasteiger partial charge < -0.3 is 10.5 Å². The van der Waals surface area contributed by atoms with Gasteiger partial charge in [0.2, 0.25) is 0 Å². The molecule has 2 heterocycles. The number of carbonyl (C=O) groups is 1. The van der Waals surface area contributed by atoms with Crippen molar-refractivity contribution in [1.82, 2.24) is 4.90 Å². The number of hydrogen-bond acceptors (Lipinski definition) is 5. The molecule has 2 N–H and O–H groups in total. The predicted octanol–water partition coefficient (Wildman–Crippen LogP) is 4.78. The Labute approximate surface area is 160 Å². The van der Waals surface area contributed by atoms with Crippen LogP contribution in [0.1, 0.15) is 52.5 Å². The summed E-state index contributed by atoms with van der Waals surface area (Å²) in [5, 5.41) is 0.546. The number of aryl methyl sites for hydroxylation is 2. The minimum atomic E-state index is -0.357. The summed E-state index contributed by atoms with van der Waals surface area (Å²) in [7, 11) is 1.41. The summed E-state index contributed by atoms with van der Waals surface area (Å²) in [5.41, 5.74) is 11.2. The van der Waals surface area contributed by atoms with Crippen LogP contribution in [0.2, 0.25) is 0 Å². The fraction of sp³-hybridized carbons (Fsp3) is 0.476. The van der Waals surface area contributed by atoms with Gasteiger partial charge >= 0.3 is 5.97 Å². The van der Waals surface area contributed by atoms with Crippen molar-refractivity contribution >= 4 is 22.3 Å². The van der Waals surface area contributed by atoms with Crippen molar-refractivity contribution in [3.05, 3.63) is 39.8 Å². The van der Waals surface area contributed by atoms with Gasteiger partial charge in [-0.1, -0.05) is 24.6 Å². The van der Waals surface area contributed by atoms with Crippen LogP contribution in [0, 0.1) is 13.8 Å². The van der Waals surface area contributed by atoms with Gasteiger partial charge in [0, 0.05) is 23.0 Å². The molecule has 0 saturated carbocycles. The number of piperidine rings is 1. The van der Waals surface area contributed by atoms with Crippen molar-refractivity contribution in [2.45, 2.75) is 52.6 Å². The van der Waals surface area contributed by atoms with Gasteiger partial charge in [0.25, 0.3) is 0 Å². The van der Waals surface area contributed by atoms with Gasteiger partial charge in [0.15, 0.2) is 0 Å². The van der Waals surface area contributed by atoms with E-state index >= 15 is 0 Å². The van der Waals surface area contributed by atoms with Crippen LogP contribution in [-0.2, 0) is 11.3 Å². The number of likely N-dealkylation sites (tertiary alicyclic amines) is 1. The van der Waals surface area contributed by atoms with Crippen molar-refractivity contribution in [1.29, 1.82) is 0 Å². The monoisotopic (exact) mass is 372 g/mol. The zero-order chi connectivity index (χ0) is 18.8. The SMILES string of the molecule is COC(=O)c1c(N)sc(CN2CCCCC2C)c1-c1ccc(C)c(C)c1. The zero-order valence-electron chi connectivity index (χ0n) is 16.1. The van der Waals surface area contributed by atoms with E-state index in [0.717, 1.165) is 29.1 Å². The van der Waals surface area contributed by atoms with Crippen LogP contribution in [0.3, 0.4) is 0 Å². The van der Waals surface area contributed by atoms with E-state index in [1.165, 1.54) is 48.8 Å². The molecular formula is C21H28N2O2S. The maximum Gasteiger partial charge on any atom is 0.341 e. The maximum atomic E-state index is 12.4. The number of carbonyl (C=O) groups excluding carboxylic acids is 1. The van der Waals surface area contributed by atoms with Crippen molar-refractivity contribution in [2.24, 2.45) is 0 Å². The van der Waals surface area contributed by atoms with E-state index in [0.29, 0.717) is 16.6 Å². The van der Waals surface area contributed by atoms with Crippen LogP contribution in [0.4, 0.5) is 5.00 Å². The molecule has 2 aromatic rings. The molecule has 0 bridgehead atoms. The van der Waals surface area contributed by atoms with Crippen molar-refractivity contribution < 1.29 is 9.53 Å². The predicted molar refractivity (Wildman–Crippen MR) is 109 cm³/mol. The van der Waals surface area contributed by atoms with E-state index in [2.05, 4.69) is 43.9 Å². The van der Waals surface area contributed by atoms with Crippen molar-refractivity contribution in [3.8, 4) is 11.1 Å². The highest BCUT2D eigenvalue weighted by Gasteiger charge is 2.27. The molecule has 1 aromatic carbocycles. The van der Waals surface area contributed by atoms with E-state index in [-0.39, 0.29) is 5.97 Å². The lowest BCUT2D eigenvalue weighted by molar-refractivity contribution is 0.0603. The third kappa shape index (κ3) is 3.64.